The van der Waals surface area contributed by atoms with E-state index in [2.05, 4.69) is 48.9 Å². The summed E-state index contributed by atoms with van der Waals surface area (Å²) in [5.41, 5.74) is 1.91. The summed E-state index contributed by atoms with van der Waals surface area (Å²) in [6.45, 7) is 0. The molecule has 25 heavy (non-hydrogen) atoms. The minimum atomic E-state index is -0.192. The molecule has 1 aliphatic heterocycles. The van der Waals surface area contributed by atoms with Crippen molar-refractivity contribution in [2.75, 3.05) is 19.5 Å². The highest BCUT2D eigenvalue weighted by Crippen LogP contribution is 2.39. The van der Waals surface area contributed by atoms with Crippen LogP contribution in [0.3, 0.4) is 0 Å². The number of hydrogen-bond acceptors (Lipinski definition) is 7. The van der Waals surface area contributed by atoms with Crippen molar-refractivity contribution in [3.63, 3.8) is 0 Å². The number of thiophene rings is 1. The van der Waals surface area contributed by atoms with Crippen molar-refractivity contribution in [2.24, 2.45) is 0 Å². The van der Waals surface area contributed by atoms with Crippen LogP contribution in [0.15, 0.2) is 40.2 Å². The summed E-state index contributed by atoms with van der Waals surface area (Å²) in [4.78, 5) is 1.10. The Labute approximate surface area is 156 Å². The SMILES string of the molecule is COc1ccc(C2C=C(c3ccc(Br)s3)Nc3nnnn32)c(OC)c1. The molecule has 128 valence electrons. The number of halogens is 1. The average Bonchev–Trinajstić information content (AvgIpc) is 3.29. The smallest absolute Gasteiger partial charge is 0.248 e. The van der Waals surface area contributed by atoms with Crippen LogP contribution in [0, 0.1) is 0 Å². The second-order valence-corrected chi connectivity index (χ2v) is 7.77. The number of nitrogens with zero attached hydrogens (tertiary/aromatic N) is 4. The molecule has 3 aromatic rings. The number of tetrazole rings is 1. The molecule has 0 saturated carbocycles. The number of fused-ring (bicyclic) bond motifs is 1. The summed E-state index contributed by atoms with van der Waals surface area (Å²) in [5.74, 6) is 2.04. The normalized spacial score (nSPS) is 16.0. The second kappa shape index (κ2) is 6.49. The van der Waals surface area contributed by atoms with Gasteiger partial charge >= 0.3 is 0 Å². The zero-order chi connectivity index (χ0) is 17.4. The van der Waals surface area contributed by atoms with Crippen molar-refractivity contribution in [1.82, 2.24) is 20.2 Å². The Balaban J connectivity index is 1.83. The number of rotatable bonds is 4. The molecule has 1 aliphatic rings. The highest BCUT2D eigenvalue weighted by atomic mass is 79.9. The third kappa shape index (κ3) is 2.89. The van der Waals surface area contributed by atoms with Crippen molar-refractivity contribution in [2.45, 2.75) is 6.04 Å². The fourth-order valence-electron chi connectivity index (χ4n) is 2.74. The van der Waals surface area contributed by atoms with Crippen LogP contribution in [0.4, 0.5) is 5.95 Å². The van der Waals surface area contributed by atoms with E-state index in [0.29, 0.717) is 5.95 Å². The first kappa shape index (κ1) is 16.1. The maximum absolute atomic E-state index is 5.56. The van der Waals surface area contributed by atoms with Gasteiger partial charge in [-0.15, -0.1) is 11.3 Å². The molecule has 3 heterocycles. The molecule has 0 aliphatic carbocycles. The molecule has 1 aromatic carbocycles. The molecule has 0 spiro atoms. The van der Waals surface area contributed by atoms with Crippen LogP contribution in [0.5, 0.6) is 11.5 Å². The molecule has 1 unspecified atom stereocenters. The van der Waals surface area contributed by atoms with Gasteiger partial charge in [0.25, 0.3) is 0 Å². The summed E-state index contributed by atoms with van der Waals surface area (Å²) in [7, 11) is 3.27. The molecule has 0 radical (unpaired) electrons. The van der Waals surface area contributed by atoms with Crippen LogP contribution in [-0.4, -0.2) is 34.4 Å². The highest BCUT2D eigenvalue weighted by molar-refractivity contribution is 9.11. The Kier molecular flexibility index (Phi) is 4.18. The second-order valence-electron chi connectivity index (χ2n) is 5.31. The van der Waals surface area contributed by atoms with Crippen LogP contribution in [0.2, 0.25) is 0 Å². The summed E-state index contributed by atoms with van der Waals surface area (Å²) in [5, 5.41) is 15.3. The van der Waals surface area contributed by atoms with Gasteiger partial charge in [0.15, 0.2) is 0 Å². The van der Waals surface area contributed by atoms with Crippen molar-refractivity contribution < 1.29 is 9.47 Å². The van der Waals surface area contributed by atoms with Gasteiger partial charge in [-0.3, -0.25) is 0 Å². The first-order valence-electron chi connectivity index (χ1n) is 7.44. The van der Waals surface area contributed by atoms with E-state index in [1.807, 2.05) is 24.3 Å². The van der Waals surface area contributed by atoms with Gasteiger partial charge < -0.3 is 14.8 Å². The van der Waals surface area contributed by atoms with E-state index in [1.165, 1.54) is 0 Å². The Morgan fingerprint density at radius 1 is 1.20 bits per heavy atom. The van der Waals surface area contributed by atoms with Gasteiger partial charge in [-0.05, 0) is 56.7 Å². The Hall–Kier alpha value is -2.39. The average molecular weight is 420 g/mol. The quantitative estimate of drug-likeness (QED) is 0.696. The number of nitrogens with one attached hydrogen (secondary N) is 1. The third-order valence-electron chi connectivity index (χ3n) is 3.93. The number of aromatic nitrogens is 4. The highest BCUT2D eigenvalue weighted by Gasteiger charge is 2.27. The minimum absolute atomic E-state index is 0.192. The van der Waals surface area contributed by atoms with Gasteiger partial charge in [-0.1, -0.05) is 5.10 Å². The molecule has 2 aromatic heterocycles. The van der Waals surface area contributed by atoms with Gasteiger partial charge in [0.2, 0.25) is 5.95 Å². The maximum Gasteiger partial charge on any atom is 0.248 e. The number of allylic oxidation sites excluding steroid dienone is 1. The standard InChI is InChI=1S/C16H14BrN5O2S/c1-23-9-3-4-10(13(7-9)24-2)12-8-11(14-5-6-15(17)25-14)18-16-19-20-21-22(12)16/h3-8,12H,1-2H3,(H,18,19,21). The maximum atomic E-state index is 5.56. The van der Waals surface area contributed by atoms with Crippen molar-refractivity contribution in [1.29, 1.82) is 0 Å². The van der Waals surface area contributed by atoms with Gasteiger partial charge in [0.05, 0.1) is 28.6 Å². The molecule has 1 N–H and O–H groups in total. The summed E-state index contributed by atoms with van der Waals surface area (Å²) in [6.07, 6.45) is 2.09. The first-order chi connectivity index (χ1) is 12.2. The van der Waals surface area contributed by atoms with E-state index in [-0.39, 0.29) is 6.04 Å². The van der Waals surface area contributed by atoms with Crippen LogP contribution in [0.25, 0.3) is 5.70 Å². The number of anilines is 1. The molecule has 0 saturated heterocycles. The first-order valence-corrected chi connectivity index (χ1v) is 9.05. The van der Waals surface area contributed by atoms with E-state index >= 15 is 0 Å². The lowest BCUT2D eigenvalue weighted by molar-refractivity contribution is 0.387. The fraction of sp³-hybridized carbons (Fsp3) is 0.188. The number of hydrogen-bond donors (Lipinski definition) is 1. The van der Waals surface area contributed by atoms with E-state index in [9.17, 15) is 0 Å². The van der Waals surface area contributed by atoms with E-state index in [4.69, 9.17) is 9.47 Å². The summed E-state index contributed by atoms with van der Waals surface area (Å²) >= 11 is 5.15. The lowest BCUT2D eigenvalue weighted by atomic mass is 10.0. The third-order valence-corrected chi connectivity index (χ3v) is 5.58. The Morgan fingerprint density at radius 3 is 2.80 bits per heavy atom. The molecular weight excluding hydrogens is 406 g/mol. The van der Waals surface area contributed by atoms with Crippen LogP contribution in [-0.2, 0) is 0 Å². The summed E-state index contributed by atoms with van der Waals surface area (Å²) < 4.78 is 13.6. The minimum Gasteiger partial charge on any atom is -0.497 e. The van der Waals surface area contributed by atoms with E-state index in [0.717, 1.165) is 31.4 Å². The number of benzene rings is 1. The zero-order valence-corrected chi connectivity index (χ0v) is 15.8. The fourth-order valence-corrected chi connectivity index (χ4v) is 4.11. The zero-order valence-electron chi connectivity index (χ0n) is 13.4. The predicted octanol–water partition coefficient (Wildman–Crippen LogP) is 3.57. The Bertz CT molecular complexity index is 952. The van der Waals surface area contributed by atoms with Gasteiger partial charge in [0.1, 0.15) is 17.5 Å². The Morgan fingerprint density at radius 2 is 2.08 bits per heavy atom. The molecule has 0 amide bonds. The van der Waals surface area contributed by atoms with Crippen molar-refractivity contribution in [3.8, 4) is 11.5 Å². The van der Waals surface area contributed by atoms with Crippen molar-refractivity contribution >= 4 is 38.9 Å². The molecule has 7 nitrogen and oxygen atoms in total. The van der Waals surface area contributed by atoms with Gasteiger partial charge in [-0.2, -0.15) is 4.68 Å². The molecule has 4 rings (SSSR count). The predicted molar refractivity (Wildman–Crippen MR) is 99.1 cm³/mol. The largest absolute Gasteiger partial charge is 0.497 e. The lowest BCUT2D eigenvalue weighted by Crippen LogP contribution is -2.20. The van der Waals surface area contributed by atoms with Gasteiger partial charge in [-0.25, -0.2) is 0 Å². The molecular formula is C16H14BrN5O2S. The molecule has 1 atom stereocenters. The van der Waals surface area contributed by atoms with Crippen LogP contribution >= 0.6 is 27.3 Å². The molecule has 0 bridgehead atoms. The van der Waals surface area contributed by atoms with Gasteiger partial charge in [0, 0.05) is 11.6 Å². The molecule has 0 fully saturated rings. The molecule has 9 heteroatoms. The number of ether oxygens (including phenoxy) is 2. The monoisotopic (exact) mass is 419 g/mol. The van der Waals surface area contributed by atoms with E-state index < -0.39 is 0 Å². The topological polar surface area (TPSA) is 74.1 Å². The summed E-state index contributed by atoms with van der Waals surface area (Å²) in [6, 6.07) is 9.61. The van der Waals surface area contributed by atoms with Crippen LogP contribution in [0.1, 0.15) is 16.5 Å². The number of methoxy groups -OCH3 is 2. The van der Waals surface area contributed by atoms with Crippen molar-refractivity contribution in [3.05, 3.63) is 50.6 Å². The van der Waals surface area contributed by atoms with E-state index in [1.54, 1.807) is 30.2 Å². The lowest BCUT2D eigenvalue weighted by Gasteiger charge is -2.24. The van der Waals surface area contributed by atoms with Crippen LogP contribution < -0.4 is 14.8 Å².